The molecule has 0 radical (unpaired) electrons. The van der Waals surface area contributed by atoms with Gasteiger partial charge in [0.1, 0.15) is 17.3 Å². The molecule has 0 unspecified atom stereocenters. The molecule has 3 aromatic rings. The Kier molecular flexibility index (Phi) is 6.03. The summed E-state index contributed by atoms with van der Waals surface area (Å²) in [5.74, 6) is 0.287. The molecule has 0 aliphatic heterocycles. The summed E-state index contributed by atoms with van der Waals surface area (Å²) in [6.07, 6.45) is -4.66. The molecule has 0 fully saturated rings. The summed E-state index contributed by atoms with van der Waals surface area (Å²) in [6.45, 7) is 0. The minimum atomic E-state index is -4.66. The fourth-order valence-electron chi connectivity index (χ4n) is 2.23. The van der Waals surface area contributed by atoms with Crippen molar-refractivity contribution in [2.24, 2.45) is 0 Å². The Morgan fingerprint density at radius 2 is 1.71 bits per heavy atom. The lowest BCUT2D eigenvalue weighted by molar-refractivity contribution is -0.141. The van der Waals surface area contributed by atoms with Crippen LogP contribution in [0, 0.1) is 5.82 Å². The molecule has 146 valence electrons. The van der Waals surface area contributed by atoms with E-state index >= 15 is 0 Å². The zero-order valence-corrected chi connectivity index (χ0v) is 15.4. The van der Waals surface area contributed by atoms with Crippen LogP contribution in [0.4, 0.5) is 17.6 Å². The van der Waals surface area contributed by atoms with Crippen LogP contribution in [0.1, 0.15) is 11.3 Å². The Hall–Kier alpha value is -2.81. The molecular formula is C19H14F4N2O2S. The van der Waals surface area contributed by atoms with Gasteiger partial charge < -0.3 is 9.47 Å². The monoisotopic (exact) mass is 410 g/mol. The van der Waals surface area contributed by atoms with Crippen molar-refractivity contribution < 1.29 is 27.0 Å². The van der Waals surface area contributed by atoms with E-state index in [1.54, 1.807) is 24.3 Å². The first-order valence-corrected chi connectivity index (χ1v) is 8.97. The second-order valence-electron chi connectivity index (χ2n) is 5.57. The van der Waals surface area contributed by atoms with Crippen molar-refractivity contribution in [2.45, 2.75) is 17.1 Å². The van der Waals surface area contributed by atoms with Gasteiger partial charge in [-0.3, -0.25) is 0 Å². The second-order valence-corrected chi connectivity index (χ2v) is 6.51. The number of nitrogens with zero attached hydrogens (tertiary/aromatic N) is 2. The number of thioether (sulfide) groups is 1. The van der Waals surface area contributed by atoms with Gasteiger partial charge in [0, 0.05) is 17.9 Å². The maximum absolute atomic E-state index is 13.3. The summed E-state index contributed by atoms with van der Waals surface area (Å²) in [6, 6.07) is 12.9. The predicted molar refractivity (Wildman–Crippen MR) is 96.1 cm³/mol. The Labute approximate surface area is 162 Å². The number of hydrogen-bond donors (Lipinski definition) is 0. The highest BCUT2D eigenvalue weighted by atomic mass is 32.2. The lowest BCUT2D eigenvalue weighted by Crippen LogP contribution is -2.10. The smallest absolute Gasteiger partial charge is 0.433 e. The third-order valence-corrected chi connectivity index (χ3v) is 4.41. The summed E-state index contributed by atoms with van der Waals surface area (Å²) >= 11 is 0.951. The van der Waals surface area contributed by atoms with Gasteiger partial charge in [0.2, 0.25) is 5.88 Å². The summed E-state index contributed by atoms with van der Waals surface area (Å²) < 4.78 is 63.4. The van der Waals surface area contributed by atoms with Crippen molar-refractivity contribution in [3.8, 4) is 17.4 Å². The highest BCUT2D eigenvalue weighted by Crippen LogP contribution is 2.33. The van der Waals surface area contributed by atoms with Crippen molar-refractivity contribution in [2.75, 3.05) is 7.11 Å². The van der Waals surface area contributed by atoms with Crippen molar-refractivity contribution >= 4 is 11.8 Å². The predicted octanol–water partition coefficient (Wildman–Crippen LogP) is 5.73. The fraction of sp³-hybridized carbons (Fsp3) is 0.158. The van der Waals surface area contributed by atoms with Gasteiger partial charge in [0.15, 0.2) is 10.9 Å². The van der Waals surface area contributed by atoms with E-state index in [4.69, 9.17) is 9.47 Å². The summed E-state index contributed by atoms with van der Waals surface area (Å²) in [5.41, 5.74) is -0.525. The maximum atomic E-state index is 13.3. The van der Waals surface area contributed by atoms with Gasteiger partial charge in [-0.1, -0.05) is 30.0 Å². The molecule has 0 saturated heterocycles. The first-order valence-electron chi connectivity index (χ1n) is 7.99. The van der Waals surface area contributed by atoms with Crippen LogP contribution in [-0.2, 0) is 11.9 Å². The number of methoxy groups -OCH3 is 1. The molecule has 28 heavy (non-hydrogen) atoms. The molecule has 0 aliphatic carbocycles. The van der Waals surface area contributed by atoms with E-state index in [0.717, 1.165) is 17.8 Å². The molecule has 9 heteroatoms. The highest BCUT2D eigenvalue weighted by Gasteiger charge is 2.34. The van der Waals surface area contributed by atoms with Gasteiger partial charge in [0.05, 0.1) is 7.11 Å². The van der Waals surface area contributed by atoms with E-state index in [9.17, 15) is 17.6 Å². The number of halogens is 4. The average molecular weight is 410 g/mol. The molecule has 0 saturated carbocycles. The number of alkyl halides is 3. The van der Waals surface area contributed by atoms with Crippen LogP contribution >= 0.6 is 11.8 Å². The fourth-order valence-corrected chi connectivity index (χ4v) is 3.02. The lowest BCUT2D eigenvalue weighted by Gasteiger charge is -2.11. The number of rotatable bonds is 6. The third kappa shape index (κ3) is 5.35. The zero-order chi connectivity index (χ0) is 20.1. The standard InChI is InChI=1S/C19H14F4N2O2S/c1-26-14-6-3-7-15(9-14)27-17-10-16(19(21,22)23)24-18(25-17)28-11-12-4-2-5-13(20)8-12/h2-10H,11H2,1H3. The first-order chi connectivity index (χ1) is 13.3. The van der Waals surface area contributed by atoms with E-state index in [1.807, 2.05) is 0 Å². The SMILES string of the molecule is COc1cccc(Oc2cc(C(F)(F)F)nc(SCc3cccc(F)c3)n2)c1. The molecule has 4 nitrogen and oxygen atoms in total. The molecule has 2 aromatic carbocycles. The third-order valence-electron chi connectivity index (χ3n) is 3.49. The first kappa shape index (κ1) is 19.9. The van der Waals surface area contributed by atoms with Crippen LogP contribution < -0.4 is 9.47 Å². The van der Waals surface area contributed by atoms with Gasteiger partial charge in [-0.25, -0.2) is 9.37 Å². The number of hydrogen-bond acceptors (Lipinski definition) is 5. The van der Waals surface area contributed by atoms with Gasteiger partial charge in [0.25, 0.3) is 0 Å². The van der Waals surface area contributed by atoms with E-state index in [1.165, 1.54) is 31.4 Å². The van der Waals surface area contributed by atoms with Crippen molar-refractivity contribution in [3.63, 3.8) is 0 Å². The Bertz CT molecular complexity index is 967. The van der Waals surface area contributed by atoms with E-state index in [-0.39, 0.29) is 22.5 Å². The van der Waals surface area contributed by atoms with Gasteiger partial charge in [-0.05, 0) is 29.8 Å². The summed E-state index contributed by atoms with van der Waals surface area (Å²) in [7, 11) is 1.46. The minimum absolute atomic E-state index is 0.128. The van der Waals surface area contributed by atoms with Crippen LogP contribution in [0.2, 0.25) is 0 Å². The molecule has 3 rings (SSSR count). The molecular weight excluding hydrogens is 396 g/mol. The van der Waals surface area contributed by atoms with E-state index < -0.39 is 17.7 Å². The minimum Gasteiger partial charge on any atom is -0.497 e. The van der Waals surface area contributed by atoms with Gasteiger partial charge >= 0.3 is 6.18 Å². The van der Waals surface area contributed by atoms with E-state index in [2.05, 4.69) is 9.97 Å². The molecule has 0 N–H and O–H groups in total. The van der Waals surface area contributed by atoms with Gasteiger partial charge in [-0.15, -0.1) is 0 Å². The lowest BCUT2D eigenvalue weighted by atomic mass is 10.2. The number of ether oxygens (including phenoxy) is 2. The summed E-state index contributed by atoms with van der Waals surface area (Å²) in [5, 5.41) is -0.128. The van der Waals surface area contributed by atoms with Crippen LogP contribution in [-0.4, -0.2) is 17.1 Å². The van der Waals surface area contributed by atoms with Crippen LogP contribution in [0.25, 0.3) is 0 Å². The van der Waals surface area contributed by atoms with Crippen LogP contribution in [0.3, 0.4) is 0 Å². The molecule has 0 atom stereocenters. The second kappa shape index (κ2) is 8.47. The Morgan fingerprint density at radius 1 is 0.964 bits per heavy atom. The molecule has 1 aromatic heterocycles. The number of aromatic nitrogens is 2. The summed E-state index contributed by atoms with van der Waals surface area (Å²) in [4.78, 5) is 7.58. The normalized spacial score (nSPS) is 11.3. The van der Waals surface area contributed by atoms with Crippen LogP contribution in [0.5, 0.6) is 17.4 Å². The van der Waals surface area contributed by atoms with Crippen molar-refractivity contribution in [3.05, 3.63) is 71.7 Å². The Morgan fingerprint density at radius 3 is 2.43 bits per heavy atom. The zero-order valence-electron chi connectivity index (χ0n) is 14.5. The Balaban J connectivity index is 1.86. The quantitative estimate of drug-likeness (QED) is 0.295. The number of benzene rings is 2. The van der Waals surface area contributed by atoms with E-state index in [0.29, 0.717) is 11.3 Å². The van der Waals surface area contributed by atoms with Crippen molar-refractivity contribution in [1.82, 2.24) is 9.97 Å². The van der Waals surface area contributed by atoms with Crippen LogP contribution in [0.15, 0.2) is 59.8 Å². The maximum Gasteiger partial charge on any atom is 0.433 e. The molecule has 1 heterocycles. The van der Waals surface area contributed by atoms with Gasteiger partial charge in [-0.2, -0.15) is 18.2 Å². The van der Waals surface area contributed by atoms with Crippen molar-refractivity contribution in [1.29, 1.82) is 0 Å². The topological polar surface area (TPSA) is 44.2 Å². The molecule has 0 aliphatic rings. The average Bonchev–Trinajstić information content (AvgIpc) is 2.66. The molecule has 0 bridgehead atoms. The highest BCUT2D eigenvalue weighted by molar-refractivity contribution is 7.98. The largest absolute Gasteiger partial charge is 0.497 e. The molecule has 0 spiro atoms. The molecule has 0 amide bonds.